The molecule has 22 atom stereocenters. The lowest BCUT2D eigenvalue weighted by molar-refractivity contribution is -0.149. The smallest absolute Gasteiger partial charge is 0.0814 e. The van der Waals surface area contributed by atoms with Crippen molar-refractivity contribution in [1.82, 2.24) is 0 Å². The third kappa shape index (κ3) is 9.28. The lowest BCUT2D eigenvalue weighted by Gasteiger charge is -2.62. The molecule has 6 N–H and O–H groups in total. The third-order valence-electron chi connectivity index (χ3n) is 23.8. The van der Waals surface area contributed by atoms with Crippen molar-refractivity contribution in [3.05, 3.63) is 71.8 Å². The van der Waals surface area contributed by atoms with Crippen molar-refractivity contribution in [3.63, 3.8) is 0 Å². The molecule has 2 aromatic carbocycles. The van der Waals surface area contributed by atoms with E-state index < -0.39 is 35.6 Å². The van der Waals surface area contributed by atoms with Gasteiger partial charge >= 0.3 is 0 Å². The topological polar surface area (TPSA) is 121 Å². The fourth-order valence-corrected chi connectivity index (χ4v) is 19.7. The molecule has 8 aliphatic rings. The normalized spacial score (nSPS) is 46.6. The lowest BCUT2D eigenvalue weighted by atomic mass is 9.43. The van der Waals surface area contributed by atoms with Crippen LogP contribution in [0.5, 0.6) is 0 Å². The van der Waals surface area contributed by atoms with Gasteiger partial charge < -0.3 is 30.6 Å². The van der Waals surface area contributed by atoms with Crippen molar-refractivity contribution >= 4 is 0 Å². The molecule has 8 aliphatic carbocycles. The maximum absolute atomic E-state index is 11.2. The largest absolute Gasteiger partial charge is 0.393 e. The molecular formula is C62H96O6. The Balaban J connectivity index is 0.000000170. The minimum absolute atomic E-state index is 0.210. The van der Waals surface area contributed by atoms with Crippen LogP contribution in [0.2, 0.25) is 0 Å². The van der Waals surface area contributed by atoms with E-state index in [4.69, 9.17) is 0 Å². The van der Waals surface area contributed by atoms with Crippen molar-refractivity contribution in [2.75, 3.05) is 0 Å². The molecule has 0 unspecified atom stereocenters. The minimum Gasteiger partial charge on any atom is -0.393 e. The van der Waals surface area contributed by atoms with E-state index in [0.717, 1.165) is 72.3 Å². The van der Waals surface area contributed by atoms with Gasteiger partial charge in [-0.25, -0.2) is 0 Å². The first-order chi connectivity index (χ1) is 32.1. The predicted molar refractivity (Wildman–Crippen MR) is 274 cm³/mol. The van der Waals surface area contributed by atoms with E-state index in [1.807, 2.05) is 60.7 Å². The molecule has 0 heterocycles. The first-order valence-electron chi connectivity index (χ1n) is 28.4. The van der Waals surface area contributed by atoms with Crippen molar-refractivity contribution in [2.24, 2.45) is 92.7 Å². The molecule has 8 saturated carbocycles. The average Bonchev–Trinajstić information content (AvgIpc) is 3.86. The van der Waals surface area contributed by atoms with Gasteiger partial charge in [0.05, 0.1) is 35.6 Å². The van der Waals surface area contributed by atoms with E-state index in [2.05, 4.69) is 55.4 Å². The Kier molecular flexibility index (Phi) is 14.5. The van der Waals surface area contributed by atoms with Gasteiger partial charge in [0.15, 0.2) is 0 Å². The molecule has 10 rings (SSSR count). The SMILES string of the molecule is C[C@H]([C@H](O)C[C@@H](O)c1ccccc1)[C@H]1CC[C@H]2[C@@H]3CC[C@H]4C[C@@](C)(O)CC[C@]4(C)[C@H]3CC[C@]12C.C[C@H]([C@H](O)C[C@H](O)c1ccccc1)[C@H]1CC[C@H]2[C@@H]3CC[C@H]4C[C@@](C)(O)CC[C@]4(C)[C@H]3CC[C@]12C. The zero-order valence-electron chi connectivity index (χ0n) is 43.8. The van der Waals surface area contributed by atoms with Gasteiger partial charge in [0, 0.05) is 12.8 Å². The van der Waals surface area contributed by atoms with Crippen LogP contribution in [0, 0.1) is 92.7 Å². The Labute approximate surface area is 412 Å². The van der Waals surface area contributed by atoms with Crippen molar-refractivity contribution in [2.45, 2.75) is 219 Å². The zero-order chi connectivity index (χ0) is 48.6. The number of hydrogen-bond acceptors (Lipinski definition) is 6. The molecule has 8 fully saturated rings. The number of hydrogen-bond donors (Lipinski definition) is 6. The molecule has 0 aromatic heterocycles. The third-order valence-corrected chi connectivity index (χ3v) is 23.8. The van der Waals surface area contributed by atoms with Gasteiger partial charge in [0.2, 0.25) is 0 Å². The van der Waals surface area contributed by atoms with E-state index in [0.29, 0.717) is 58.2 Å². The standard InChI is InChI=1S/2C31H48O3/c2*1-20(27(32)18-28(33)21-8-6-5-7-9-21)24-12-13-25-23-11-10-22-19-29(2,34)16-17-30(22,3)26(23)14-15-31(24,25)4/h2*5-9,20,22-28,32-34H,10-19H2,1-4H3/t20-,22-,23-,24+,25-,26-,27+,28+,29-,30-,31+;20-,22-,23-,24+,25-,26-,27+,28-,29-,30-,31+/m00/s1. The Morgan fingerprint density at radius 2 is 0.779 bits per heavy atom. The molecule has 0 amide bonds. The molecule has 6 heteroatoms. The first kappa shape index (κ1) is 51.1. The van der Waals surface area contributed by atoms with Crippen LogP contribution in [0.4, 0.5) is 0 Å². The average molecular weight is 937 g/mol. The highest BCUT2D eigenvalue weighted by Gasteiger charge is 2.63. The molecule has 2 aromatic rings. The molecule has 0 bridgehead atoms. The summed E-state index contributed by atoms with van der Waals surface area (Å²) in [6, 6.07) is 19.6. The molecule has 0 radical (unpaired) electrons. The van der Waals surface area contributed by atoms with E-state index in [1.165, 1.54) is 89.9 Å². The van der Waals surface area contributed by atoms with Crippen LogP contribution in [0.25, 0.3) is 0 Å². The van der Waals surface area contributed by atoms with E-state index in [1.54, 1.807) is 0 Å². The first-order valence-corrected chi connectivity index (χ1v) is 28.4. The highest BCUT2D eigenvalue weighted by Crippen LogP contribution is 2.71. The second kappa shape index (κ2) is 19.2. The van der Waals surface area contributed by atoms with Crippen LogP contribution in [-0.4, -0.2) is 54.0 Å². The second-order valence-electron chi connectivity index (χ2n) is 27.3. The van der Waals surface area contributed by atoms with Crippen LogP contribution in [0.1, 0.15) is 207 Å². The van der Waals surface area contributed by atoms with Crippen LogP contribution < -0.4 is 0 Å². The summed E-state index contributed by atoms with van der Waals surface area (Å²) in [4.78, 5) is 0. The van der Waals surface area contributed by atoms with Crippen LogP contribution in [0.15, 0.2) is 60.7 Å². The quantitative estimate of drug-likeness (QED) is 0.141. The lowest BCUT2D eigenvalue weighted by Crippen LogP contribution is -2.55. The Hall–Kier alpha value is -1.80. The molecule has 0 saturated heterocycles. The Morgan fingerprint density at radius 1 is 0.426 bits per heavy atom. The van der Waals surface area contributed by atoms with E-state index in [-0.39, 0.29) is 11.8 Å². The monoisotopic (exact) mass is 937 g/mol. The van der Waals surface area contributed by atoms with Crippen molar-refractivity contribution in [1.29, 1.82) is 0 Å². The maximum Gasteiger partial charge on any atom is 0.0814 e. The summed E-state index contributed by atoms with van der Waals surface area (Å²) in [5.41, 5.74) is 2.29. The molecule has 0 spiro atoms. The number of aliphatic hydroxyl groups excluding tert-OH is 4. The number of benzene rings is 2. The van der Waals surface area contributed by atoms with Crippen molar-refractivity contribution in [3.8, 4) is 0 Å². The number of aliphatic hydroxyl groups is 6. The van der Waals surface area contributed by atoms with Gasteiger partial charge in [-0.2, -0.15) is 0 Å². The highest BCUT2D eigenvalue weighted by atomic mass is 16.3. The van der Waals surface area contributed by atoms with Crippen LogP contribution >= 0.6 is 0 Å². The van der Waals surface area contributed by atoms with E-state index >= 15 is 0 Å². The Morgan fingerprint density at radius 3 is 1.15 bits per heavy atom. The molecule has 0 aliphatic heterocycles. The van der Waals surface area contributed by atoms with E-state index in [9.17, 15) is 30.6 Å². The van der Waals surface area contributed by atoms with Gasteiger partial charge in [-0.1, -0.05) is 102 Å². The molecule has 68 heavy (non-hydrogen) atoms. The zero-order valence-corrected chi connectivity index (χ0v) is 43.8. The maximum atomic E-state index is 11.2. The second-order valence-corrected chi connectivity index (χ2v) is 27.3. The summed E-state index contributed by atoms with van der Waals surface area (Å²) in [6.07, 6.45) is 20.5. The fraction of sp³-hybridized carbons (Fsp3) is 0.806. The summed E-state index contributed by atoms with van der Waals surface area (Å²) < 4.78 is 0. The van der Waals surface area contributed by atoms with Crippen LogP contribution in [-0.2, 0) is 0 Å². The number of rotatable bonds is 10. The fourth-order valence-electron chi connectivity index (χ4n) is 19.7. The summed E-state index contributed by atoms with van der Waals surface area (Å²) in [7, 11) is 0. The summed E-state index contributed by atoms with van der Waals surface area (Å²) in [5, 5.41) is 65.4. The summed E-state index contributed by atoms with van der Waals surface area (Å²) in [5.74, 6) is 7.62. The van der Waals surface area contributed by atoms with Gasteiger partial charge in [-0.05, 0) is 233 Å². The van der Waals surface area contributed by atoms with Crippen LogP contribution in [0.3, 0.4) is 0 Å². The highest BCUT2D eigenvalue weighted by molar-refractivity contribution is 5.19. The summed E-state index contributed by atoms with van der Waals surface area (Å²) >= 11 is 0. The predicted octanol–water partition coefficient (Wildman–Crippen LogP) is 13.0. The number of fused-ring (bicyclic) bond motifs is 10. The van der Waals surface area contributed by atoms with Gasteiger partial charge in [-0.3, -0.25) is 0 Å². The molecule has 6 nitrogen and oxygen atoms in total. The van der Waals surface area contributed by atoms with Gasteiger partial charge in [0.25, 0.3) is 0 Å². The summed E-state index contributed by atoms with van der Waals surface area (Å²) in [6.45, 7) is 18.8. The van der Waals surface area contributed by atoms with Crippen molar-refractivity contribution < 1.29 is 30.6 Å². The Bertz CT molecular complexity index is 1840. The minimum atomic E-state index is -0.599. The van der Waals surface area contributed by atoms with Gasteiger partial charge in [0.1, 0.15) is 0 Å². The molecule has 380 valence electrons. The molecular weight excluding hydrogens is 841 g/mol. The van der Waals surface area contributed by atoms with Gasteiger partial charge in [-0.15, -0.1) is 0 Å².